The highest BCUT2D eigenvalue weighted by Crippen LogP contribution is 2.15. The van der Waals surface area contributed by atoms with Crippen molar-refractivity contribution in [2.75, 3.05) is 5.73 Å². The molecule has 1 heterocycles. The zero-order valence-electron chi connectivity index (χ0n) is 7.38. The minimum absolute atomic E-state index is 0.485. The molecule has 0 aliphatic carbocycles. The van der Waals surface area contributed by atoms with Gasteiger partial charge in [-0.05, 0) is 18.2 Å². The van der Waals surface area contributed by atoms with Crippen LogP contribution in [-0.4, -0.2) is 9.55 Å². The highest BCUT2D eigenvalue weighted by Gasteiger charge is 2.00. The Morgan fingerprint density at radius 1 is 1.43 bits per heavy atom. The van der Waals surface area contributed by atoms with E-state index in [1.807, 2.05) is 22.9 Å². The Kier molecular flexibility index (Phi) is 1.92. The lowest BCUT2D eigenvalue weighted by atomic mass is 10.2. The van der Waals surface area contributed by atoms with E-state index in [1.54, 1.807) is 24.7 Å². The van der Waals surface area contributed by atoms with Gasteiger partial charge in [-0.2, -0.15) is 5.26 Å². The highest BCUT2D eigenvalue weighted by molar-refractivity contribution is 5.58. The van der Waals surface area contributed by atoms with Gasteiger partial charge in [-0.25, -0.2) is 4.98 Å². The van der Waals surface area contributed by atoms with Crippen LogP contribution in [-0.2, 0) is 0 Å². The van der Waals surface area contributed by atoms with Gasteiger partial charge in [0.15, 0.2) is 0 Å². The first-order valence-corrected chi connectivity index (χ1v) is 4.09. The summed E-state index contributed by atoms with van der Waals surface area (Å²) in [6.45, 7) is 0. The van der Waals surface area contributed by atoms with Crippen molar-refractivity contribution in [3.8, 4) is 11.8 Å². The van der Waals surface area contributed by atoms with E-state index < -0.39 is 0 Å². The molecule has 1 aromatic carbocycles. The molecular weight excluding hydrogens is 176 g/mol. The lowest BCUT2D eigenvalue weighted by molar-refractivity contribution is 1.06. The zero-order valence-corrected chi connectivity index (χ0v) is 7.38. The molecule has 0 aliphatic rings. The lowest BCUT2D eigenvalue weighted by Crippen LogP contribution is -1.95. The molecule has 0 aliphatic heterocycles. The first-order valence-electron chi connectivity index (χ1n) is 4.09. The van der Waals surface area contributed by atoms with Crippen LogP contribution in [0.2, 0.25) is 0 Å². The Morgan fingerprint density at radius 2 is 2.29 bits per heavy atom. The van der Waals surface area contributed by atoms with E-state index in [9.17, 15) is 0 Å². The summed E-state index contributed by atoms with van der Waals surface area (Å²) in [4.78, 5) is 3.93. The Bertz CT molecular complexity index is 479. The van der Waals surface area contributed by atoms with E-state index in [2.05, 4.69) is 4.98 Å². The van der Waals surface area contributed by atoms with Gasteiger partial charge in [-0.3, -0.25) is 0 Å². The van der Waals surface area contributed by atoms with E-state index in [-0.39, 0.29) is 0 Å². The van der Waals surface area contributed by atoms with Gasteiger partial charge < -0.3 is 10.3 Å². The minimum atomic E-state index is 0.485. The van der Waals surface area contributed by atoms with Gasteiger partial charge in [0.2, 0.25) is 0 Å². The zero-order chi connectivity index (χ0) is 9.97. The largest absolute Gasteiger partial charge is 0.398 e. The van der Waals surface area contributed by atoms with Gasteiger partial charge >= 0.3 is 0 Å². The Morgan fingerprint density at radius 3 is 2.86 bits per heavy atom. The summed E-state index contributed by atoms with van der Waals surface area (Å²) >= 11 is 0. The van der Waals surface area contributed by atoms with Crippen LogP contribution in [0.25, 0.3) is 5.69 Å². The molecule has 2 aromatic rings. The van der Waals surface area contributed by atoms with E-state index in [4.69, 9.17) is 11.0 Å². The fraction of sp³-hybridized carbons (Fsp3) is 0. The quantitative estimate of drug-likeness (QED) is 0.680. The number of anilines is 1. The second-order valence-electron chi connectivity index (χ2n) is 2.85. The van der Waals surface area contributed by atoms with E-state index in [0.717, 1.165) is 5.69 Å². The summed E-state index contributed by atoms with van der Waals surface area (Å²) in [7, 11) is 0. The van der Waals surface area contributed by atoms with Crippen LogP contribution in [0.1, 0.15) is 5.56 Å². The molecule has 0 unspecified atom stereocenters. The van der Waals surface area contributed by atoms with Crippen LogP contribution in [0.3, 0.4) is 0 Å². The number of imidazole rings is 1. The Labute approximate surface area is 81.2 Å². The number of nitrogen functional groups attached to an aromatic ring is 1. The van der Waals surface area contributed by atoms with Gasteiger partial charge in [0, 0.05) is 18.1 Å². The Balaban J connectivity index is 2.49. The molecule has 2 N–H and O–H groups in total. The van der Waals surface area contributed by atoms with Crippen molar-refractivity contribution in [2.24, 2.45) is 0 Å². The van der Waals surface area contributed by atoms with Crippen LogP contribution >= 0.6 is 0 Å². The van der Waals surface area contributed by atoms with E-state index in [1.165, 1.54) is 0 Å². The average molecular weight is 184 g/mol. The number of hydrogen-bond acceptors (Lipinski definition) is 3. The van der Waals surface area contributed by atoms with Crippen molar-refractivity contribution in [3.63, 3.8) is 0 Å². The molecule has 0 radical (unpaired) electrons. The number of nitrogens with zero attached hydrogens (tertiary/aromatic N) is 3. The van der Waals surface area contributed by atoms with Crippen LogP contribution in [0.5, 0.6) is 0 Å². The highest BCUT2D eigenvalue weighted by atomic mass is 15.0. The molecular formula is C10H8N4. The van der Waals surface area contributed by atoms with Gasteiger partial charge in [-0.1, -0.05) is 0 Å². The maximum atomic E-state index is 8.69. The van der Waals surface area contributed by atoms with Crippen LogP contribution < -0.4 is 5.73 Å². The lowest BCUT2D eigenvalue weighted by Gasteiger charge is -2.03. The summed E-state index contributed by atoms with van der Waals surface area (Å²) in [5.41, 5.74) is 7.56. The van der Waals surface area contributed by atoms with Crippen LogP contribution in [0.4, 0.5) is 5.69 Å². The second kappa shape index (κ2) is 3.23. The number of benzene rings is 1. The topological polar surface area (TPSA) is 67.6 Å². The first kappa shape index (κ1) is 8.32. The van der Waals surface area contributed by atoms with Crippen molar-refractivity contribution in [2.45, 2.75) is 0 Å². The van der Waals surface area contributed by atoms with E-state index >= 15 is 0 Å². The Hall–Kier alpha value is -2.28. The number of aromatic nitrogens is 2. The molecule has 4 heteroatoms. The summed E-state index contributed by atoms with van der Waals surface area (Å²) in [5.74, 6) is 0. The fourth-order valence-electron chi connectivity index (χ4n) is 1.22. The van der Waals surface area contributed by atoms with Crippen molar-refractivity contribution in [1.29, 1.82) is 5.26 Å². The number of nitrogens with two attached hydrogens (primary N) is 1. The predicted octanol–water partition coefficient (Wildman–Crippen LogP) is 1.33. The standard InChI is InChI=1S/C10H8N4/c11-6-8-1-2-9(5-10(8)12)14-4-3-13-7-14/h1-5,7H,12H2. The SMILES string of the molecule is N#Cc1ccc(-n2ccnc2)cc1N. The maximum Gasteiger partial charge on any atom is 0.101 e. The van der Waals surface area contributed by atoms with Crippen LogP contribution in [0, 0.1) is 11.3 Å². The van der Waals surface area contributed by atoms with Crippen molar-refractivity contribution in [3.05, 3.63) is 42.5 Å². The van der Waals surface area contributed by atoms with Crippen molar-refractivity contribution >= 4 is 5.69 Å². The monoisotopic (exact) mass is 184 g/mol. The molecule has 2 rings (SSSR count). The number of nitriles is 1. The molecule has 0 saturated heterocycles. The van der Waals surface area contributed by atoms with Gasteiger partial charge in [0.1, 0.15) is 6.07 Å². The van der Waals surface area contributed by atoms with Crippen LogP contribution in [0.15, 0.2) is 36.9 Å². The van der Waals surface area contributed by atoms with E-state index in [0.29, 0.717) is 11.3 Å². The third kappa shape index (κ3) is 1.31. The van der Waals surface area contributed by atoms with Crippen molar-refractivity contribution < 1.29 is 0 Å². The molecule has 68 valence electrons. The smallest absolute Gasteiger partial charge is 0.101 e. The van der Waals surface area contributed by atoms with Gasteiger partial charge in [0.25, 0.3) is 0 Å². The first-order chi connectivity index (χ1) is 6.81. The third-order valence-corrected chi connectivity index (χ3v) is 1.96. The molecule has 4 nitrogen and oxygen atoms in total. The normalized spacial score (nSPS) is 9.64. The van der Waals surface area contributed by atoms with Gasteiger partial charge in [-0.15, -0.1) is 0 Å². The molecule has 0 saturated carbocycles. The number of rotatable bonds is 1. The maximum absolute atomic E-state index is 8.69. The molecule has 14 heavy (non-hydrogen) atoms. The third-order valence-electron chi connectivity index (χ3n) is 1.96. The van der Waals surface area contributed by atoms with Crippen molar-refractivity contribution in [1.82, 2.24) is 9.55 Å². The molecule has 0 fully saturated rings. The number of hydrogen-bond donors (Lipinski definition) is 1. The molecule has 0 amide bonds. The minimum Gasteiger partial charge on any atom is -0.398 e. The fourth-order valence-corrected chi connectivity index (χ4v) is 1.22. The summed E-state index contributed by atoms with van der Waals surface area (Å²) in [5, 5.41) is 8.69. The average Bonchev–Trinajstić information content (AvgIpc) is 2.70. The molecule has 1 aromatic heterocycles. The summed E-state index contributed by atoms with van der Waals surface area (Å²) < 4.78 is 1.83. The summed E-state index contributed by atoms with van der Waals surface area (Å²) in [6, 6.07) is 7.30. The summed E-state index contributed by atoms with van der Waals surface area (Å²) in [6.07, 6.45) is 5.19. The second-order valence-corrected chi connectivity index (χ2v) is 2.85. The predicted molar refractivity (Wildman–Crippen MR) is 52.7 cm³/mol. The molecule has 0 spiro atoms. The molecule has 0 bridgehead atoms. The molecule has 0 atom stereocenters. The van der Waals surface area contributed by atoms with Gasteiger partial charge in [0.05, 0.1) is 17.6 Å².